The smallest absolute Gasteiger partial charge is 0.138 e. The van der Waals surface area contributed by atoms with Crippen molar-refractivity contribution >= 4 is 0 Å². The molecule has 1 saturated heterocycles. The Bertz CT molecular complexity index is 611. The molecule has 0 radical (unpaired) electrons. The molecule has 3 rings (SSSR count). The Morgan fingerprint density at radius 2 is 2.14 bits per heavy atom. The number of nitrogens with zero attached hydrogens (tertiary/aromatic N) is 3. The molecule has 1 aliphatic heterocycles. The van der Waals surface area contributed by atoms with Gasteiger partial charge in [0.25, 0.3) is 0 Å². The van der Waals surface area contributed by atoms with Crippen LogP contribution in [0.2, 0.25) is 0 Å². The number of nitrogens with one attached hydrogen (secondary N) is 1. The van der Waals surface area contributed by atoms with E-state index in [0.29, 0.717) is 5.92 Å². The van der Waals surface area contributed by atoms with E-state index in [9.17, 15) is 0 Å². The molecule has 0 saturated carbocycles. The van der Waals surface area contributed by atoms with E-state index in [1.807, 2.05) is 0 Å². The van der Waals surface area contributed by atoms with Crippen LogP contribution < -0.4 is 5.32 Å². The summed E-state index contributed by atoms with van der Waals surface area (Å²) in [6, 6.07) is 8.87. The van der Waals surface area contributed by atoms with E-state index in [2.05, 4.69) is 65.1 Å². The molecule has 1 N–H and O–H groups in total. The highest BCUT2D eigenvalue weighted by atomic mass is 15.3. The van der Waals surface area contributed by atoms with E-state index in [0.717, 1.165) is 31.9 Å². The molecule has 0 aliphatic carbocycles. The molecule has 1 fully saturated rings. The molecule has 0 bridgehead atoms. The first kappa shape index (κ1) is 14.3. The average Bonchev–Trinajstić information content (AvgIpc) is 2.80. The van der Waals surface area contributed by atoms with Crippen LogP contribution in [0.25, 0.3) is 0 Å². The summed E-state index contributed by atoms with van der Waals surface area (Å²) >= 11 is 0. The molecule has 0 atom stereocenters. The molecule has 21 heavy (non-hydrogen) atoms. The lowest BCUT2D eigenvalue weighted by Crippen LogP contribution is -2.58. The highest BCUT2D eigenvalue weighted by Crippen LogP contribution is 2.32. The van der Waals surface area contributed by atoms with Gasteiger partial charge in [-0.2, -0.15) is 5.10 Å². The molecule has 4 nitrogen and oxygen atoms in total. The quantitative estimate of drug-likeness (QED) is 0.916. The van der Waals surface area contributed by atoms with Crippen LogP contribution in [0.15, 0.2) is 30.6 Å². The SMILES string of the molecule is Cc1cccc(C2(Cc3ncnn3CC(C)C)CNC2)c1. The minimum Gasteiger partial charge on any atom is -0.315 e. The van der Waals surface area contributed by atoms with Gasteiger partial charge < -0.3 is 5.32 Å². The van der Waals surface area contributed by atoms with Crippen LogP contribution >= 0.6 is 0 Å². The Kier molecular flexibility index (Phi) is 3.81. The summed E-state index contributed by atoms with van der Waals surface area (Å²) in [5.41, 5.74) is 2.91. The summed E-state index contributed by atoms with van der Waals surface area (Å²) in [6.45, 7) is 9.56. The van der Waals surface area contributed by atoms with Crippen LogP contribution in [0.3, 0.4) is 0 Å². The molecule has 1 aromatic heterocycles. The van der Waals surface area contributed by atoms with Gasteiger partial charge in [0.05, 0.1) is 0 Å². The summed E-state index contributed by atoms with van der Waals surface area (Å²) < 4.78 is 2.07. The molecular weight excluding hydrogens is 260 g/mol. The molecule has 1 aliphatic rings. The first-order valence-electron chi connectivity index (χ1n) is 7.74. The lowest BCUT2D eigenvalue weighted by Gasteiger charge is -2.43. The third kappa shape index (κ3) is 2.86. The Morgan fingerprint density at radius 1 is 1.33 bits per heavy atom. The Balaban J connectivity index is 1.86. The zero-order chi connectivity index (χ0) is 14.9. The number of rotatable bonds is 5. The summed E-state index contributed by atoms with van der Waals surface area (Å²) in [5.74, 6) is 1.69. The predicted octanol–water partition coefficient (Wildman–Crippen LogP) is 2.33. The van der Waals surface area contributed by atoms with Gasteiger partial charge in [-0.3, -0.25) is 0 Å². The van der Waals surface area contributed by atoms with Crippen molar-refractivity contribution in [1.29, 1.82) is 0 Å². The Hall–Kier alpha value is -1.68. The third-order valence-electron chi connectivity index (χ3n) is 4.29. The zero-order valence-electron chi connectivity index (χ0n) is 13.1. The maximum absolute atomic E-state index is 4.51. The highest BCUT2D eigenvalue weighted by Gasteiger charge is 2.40. The lowest BCUT2D eigenvalue weighted by molar-refractivity contribution is 0.264. The van der Waals surface area contributed by atoms with E-state index in [-0.39, 0.29) is 5.41 Å². The molecule has 0 unspecified atom stereocenters. The van der Waals surface area contributed by atoms with E-state index in [4.69, 9.17) is 0 Å². The maximum Gasteiger partial charge on any atom is 0.138 e. The third-order valence-corrected chi connectivity index (χ3v) is 4.29. The molecule has 2 heterocycles. The maximum atomic E-state index is 4.51. The van der Waals surface area contributed by atoms with Crippen molar-refractivity contribution in [1.82, 2.24) is 20.1 Å². The number of benzene rings is 1. The minimum atomic E-state index is 0.174. The Morgan fingerprint density at radius 3 is 2.76 bits per heavy atom. The molecule has 0 amide bonds. The van der Waals surface area contributed by atoms with E-state index < -0.39 is 0 Å². The van der Waals surface area contributed by atoms with Crippen molar-refractivity contribution in [2.75, 3.05) is 13.1 Å². The normalized spacial score (nSPS) is 17.0. The topological polar surface area (TPSA) is 42.7 Å². The number of hydrogen-bond acceptors (Lipinski definition) is 3. The second kappa shape index (κ2) is 5.60. The predicted molar refractivity (Wildman–Crippen MR) is 84.3 cm³/mol. The number of hydrogen-bond donors (Lipinski definition) is 1. The van der Waals surface area contributed by atoms with Gasteiger partial charge >= 0.3 is 0 Å². The van der Waals surface area contributed by atoms with Crippen LogP contribution in [-0.2, 0) is 18.4 Å². The fourth-order valence-corrected chi connectivity index (χ4v) is 3.06. The van der Waals surface area contributed by atoms with Gasteiger partial charge in [-0.1, -0.05) is 43.7 Å². The van der Waals surface area contributed by atoms with Crippen LogP contribution in [0.5, 0.6) is 0 Å². The molecule has 2 aromatic rings. The van der Waals surface area contributed by atoms with Crippen LogP contribution in [0.1, 0.15) is 30.8 Å². The summed E-state index contributed by atoms with van der Waals surface area (Å²) in [4.78, 5) is 4.51. The van der Waals surface area contributed by atoms with E-state index in [1.165, 1.54) is 11.1 Å². The summed E-state index contributed by atoms with van der Waals surface area (Å²) in [5, 5.41) is 7.83. The van der Waals surface area contributed by atoms with Gasteiger partial charge in [-0.15, -0.1) is 0 Å². The van der Waals surface area contributed by atoms with Crippen LogP contribution in [0, 0.1) is 12.8 Å². The van der Waals surface area contributed by atoms with E-state index >= 15 is 0 Å². The van der Waals surface area contributed by atoms with Gasteiger partial charge in [0, 0.05) is 31.5 Å². The van der Waals surface area contributed by atoms with Gasteiger partial charge in [0.1, 0.15) is 12.2 Å². The van der Waals surface area contributed by atoms with Gasteiger partial charge in [-0.25, -0.2) is 9.67 Å². The molecular formula is C17H24N4. The monoisotopic (exact) mass is 284 g/mol. The van der Waals surface area contributed by atoms with Gasteiger partial charge in [0.2, 0.25) is 0 Å². The molecule has 4 heteroatoms. The standard InChI is InChI=1S/C17H24N4/c1-13(2)9-21-16(19-12-20-21)8-17(10-18-11-17)15-6-4-5-14(3)7-15/h4-7,12-13,18H,8-11H2,1-3H3. The van der Waals surface area contributed by atoms with Crippen LogP contribution in [0.4, 0.5) is 0 Å². The van der Waals surface area contributed by atoms with Crippen molar-refractivity contribution < 1.29 is 0 Å². The van der Waals surface area contributed by atoms with E-state index in [1.54, 1.807) is 6.33 Å². The fourth-order valence-electron chi connectivity index (χ4n) is 3.06. The first-order valence-corrected chi connectivity index (χ1v) is 7.74. The van der Waals surface area contributed by atoms with Crippen LogP contribution in [-0.4, -0.2) is 27.9 Å². The summed E-state index contributed by atoms with van der Waals surface area (Å²) in [7, 11) is 0. The molecule has 112 valence electrons. The second-order valence-corrected chi connectivity index (χ2v) is 6.68. The van der Waals surface area contributed by atoms with Crippen molar-refractivity contribution in [3.63, 3.8) is 0 Å². The molecule has 1 aromatic carbocycles. The highest BCUT2D eigenvalue weighted by molar-refractivity contribution is 5.34. The van der Waals surface area contributed by atoms with Crippen molar-refractivity contribution in [3.8, 4) is 0 Å². The largest absolute Gasteiger partial charge is 0.315 e. The van der Waals surface area contributed by atoms with Gasteiger partial charge in [0.15, 0.2) is 0 Å². The van der Waals surface area contributed by atoms with Crippen molar-refractivity contribution in [3.05, 3.63) is 47.5 Å². The fraction of sp³-hybridized carbons (Fsp3) is 0.529. The average molecular weight is 284 g/mol. The summed E-state index contributed by atoms with van der Waals surface area (Å²) in [6.07, 6.45) is 2.64. The zero-order valence-corrected chi connectivity index (χ0v) is 13.1. The number of aromatic nitrogens is 3. The number of aryl methyl sites for hydroxylation is 1. The van der Waals surface area contributed by atoms with Crippen molar-refractivity contribution in [2.45, 2.75) is 39.2 Å². The van der Waals surface area contributed by atoms with Gasteiger partial charge in [-0.05, 0) is 18.4 Å². The van der Waals surface area contributed by atoms with Crippen molar-refractivity contribution in [2.24, 2.45) is 5.92 Å². The first-order chi connectivity index (χ1) is 10.1. The lowest BCUT2D eigenvalue weighted by atomic mass is 9.72. The molecule has 0 spiro atoms. The minimum absolute atomic E-state index is 0.174. The second-order valence-electron chi connectivity index (χ2n) is 6.68. The Labute approximate surface area is 126 Å².